The fraction of sp³-hybridized carbons (Fsp3) is 1.00. The van der Waals surface area contributed by atoms with E-state index in [0.29, 0.717) is 36.0 Å². The third-order valence-electron chi connectivity index (χ3n) is 11.0. The quantitative estimate of drug-likeness (QED) is 0.446. The van der Waals surface area contributed by atoms with Gasteiger partial charge in [0, 0.05) is 0 Å². The predicted octanol–water partition coefficient (Wildman–Crippen LogP) is 4.12. The van der Waals surface area contributed by atoms with Crippen molar-refractivity contribution in [1.29, 1.82) is 0 Å². The first-order valence-corrected chi connectivity index (χ1v) is 14.2. The van der Waals surface area contributed by atoms with Gasteiger partial charge in [-0.2, -0.15) is 0 Å². The standard InChI is InChI=1S/C25H44O6S/c1-5-17-21-14-16(26)8-11-25(21,4)20-9-12-24(3)18(6-7-19(24)22(20)23(17)27)15(2)10-13-31-32(28,29)30/h15-23,26-27H,5-14H2,1-4H3,(H,28,29,30)/p-1/t15?,16-,17-,18?,19?,20?,21+,22?,23-,24-,25-/m1/s1. The van der Waals surface area contributed by atoms with Crippen molar-refractivity contribution < 1.29 is 27.4 Å². The van der Waals surface area contributed by atoms with Crippen LogP contribution in [0.3, 0.4) is 0 Å². The number of hydrogen-bond donors (Lipinski definition) is 2. The fourth-order valence-corrected chi connectivity index (χ4v) is 9.77. The molecule has 11 atom stereocenters. The summed E-state index contributed by atoms with van der Waals surface area (Å²) in [6, 6.07) is 0. The van der Waals surface area contributed by atoms with Crippen molar-refractivity contribution in [3.8, 4) is 0 Å². The molecule has 186 valence electrons. The SMILES string of the molecule is CC[C@H]1[C@@H](O)C2C3CCC(C(C)CCOS(=O)(=O)[O-])[C@@]3(C)CCC2[C@@]2(C)CC[C@@H](O)C[C@@H]12. The second kappa shape index (κ2) is 8.78. The molecular formula is C25H43O6S-. The zero-order chi connectivity index (χ0) is 23.5. The van der Waals surface area contributed by atoms with E-state index in [9.17, 15) is 23.2 Å². The Morgan fingerprint density at radius 3 is 2.34 bits per heavy atom. The average molecular weight is 472 g/mol. The van der Waals surface area contributed by atoms with Crippen molar-refractivity contribution in [3.05, 3.63) is 0 Å². The third-order valence-corrected chi connectivity index (χ3v) is 11.4. The smallest absolute Gasteiger partial charge is 0.217 e. The second-order valence-electron chi connectivity index (χ2n) is 12.1. The Morgan fingerprint density at radius 1 is 1.03 bits per heavy atom. The van der Waals surface area contributed by atoms with Crippen LogP contribution in [0.4, 0.5) is 0 Å². The monoisotopic (exact) mass is 471 g/mol. The van der Waals surface area contributed by atoms with Gasteiger partial charge in [-0.25, -0.2) is 8.42 Å². The maximum atomic E-state index is 11.7. The van der Waals surface area contributed by atoms with Gasteiger partial charge in [0.2, 0.25) is 10.4 Å². The number of aliphatic hydroxyl groups is 2. The van der Waals surface area contributed by atoms with Crippen LogP contribution >= 0.6 is 0 Å². The number of hydrogen-bond acceptors (Lipinski definition) is 6. The molecule has 0 aromatic carbocycles. The lowest BCUT2D eigenvalue weighted by Crippen LogP contribution is -2.62. The average Bonchev–Trinajstić information content (AvgIpc) is 3.06. The molecule has 7 heteroatoms. The van der Waals surface area contributed by atoms with E-state index in [4.69, 9.17) is 0 Å². The van der Waals surface area contributed by atoms with Gasteiger partial charge < -0.3 is 14.8 Å². The number of rotatable bonds is 6. The molecule has 4 aliphatic rings. The van der Waals surface area contributed by atoms with Crippen molar-refractivity contribution >= 4 is 10.4 Å². The molecule has 0 heterocycles. The van der Waals surface area contributed by atoms with Crippen LogP contribution in [0.15, 0.2) is 0 Å². The molecule has 2 N–H and O–H groups in total. The normalized spacial score (nSPS) is 49.7. The minimum atomic E-state index is -4.64. The molecule has 4 rings (SSSR count). The molecule has 0 saturated heterocycles. The summed E-state index contributed by atoms with van der Waals surface area (Å²) in [5.74, 6) is 2.69. The number of aliphatic hydroxyl groups excluding tert-OH is 2. The van der Waals surface area contributed by atoms with E-state index < -0.39 is 10.4 Å². The van der Waals surface area contributed by atoms with Gasteiger partial charge in [-0.3, -0.25) is 4.18 Å². The summed E-state index contributed by atoms with van der Waals surface area (Å²) >= 11 is 0. The van der Waals surface area contributed by atoms with Crippen molar-refractivity contribution in [2.75, 3.05) is 6.61 Å². The molecule has 0 radical (unpaired) electrons. The zero-order valence-electron chi connectivity index (χ0n) is 20.2. The first-order chi connectivity index (χ1) is 14.9. The molecule has 32 heavy (non-hydrogen) atoms. The van der Waals surface area contributed by atoms with Gasteiger partial charge >= 0.3 is 0 Å². The summed E-state index contributed by atoms with van der Waals surface area (Å²) in [5.41, 5.74) is 0.332. The Morgan fingerprint density at radius 2 is 1.69 bits per heavy atom. The van der Waals surface area contributed by atoms with Gasteiger partial charge in [0.15, 0.2) is 0 Å². The molecular weight excluding hydrogens is 428 g/mol. The maximum absolute atomic E-state index is 11.7. The van der Waals surface area contributed by atoms with Crippen LogP contribution < -0.4 is 0 Å². The Kier molecular flexibility index (Phi) is 6.83. The summed E-state index contributed by atoms with van der Waals surface area (Å²) in [4.78, 5) is 0. The first kappa shape index (κ1) is 24.9. The molecule has 0 amide bonds. The molecule has 0 spiro atoms. The Bertz CT molecular complexity index is 785. The van der Waals surface area contributed by atoms with Crippen molar-refractivity contribution in [2.45, 2.75) is 97.7 Å². The van der Waals surface area contributed by atoms with Gasteiger partial charge in [0.1, 0.15) is 0 Å². The second-order valence-corrected chi connectivity index (χ2v) is 13.2. The highest BCUT2D eigenvalue weighted by atomic mass is 32.3. The summed E-state index contributed by atoms with van der Waals surface area (Å²) in [6.07, 6.45) is 8.26. The van der Waals surface area contributed by atoms with E-state index in [0.717, 1.165) is 51.4 Å². The highest BCUT2D eigenvalue weighted by Gasteiger charge is 2.64. The molecule has 6 nitrogen and oxygen atoms in total. The van der Waals surface area contributed by atoms with Crippen LogP contribution in [0, 0.1) is 52.3 Å². The minimum absolute atomic E-state index is 0.0427. The largest absolute Gasteiger partial charge is 0.726 e. The molecule has 0 aromatic rings. The van der Waals surface area contributed by atoms with Crippen LogP contribution in [-0.2, 0) is 14.6 Å². The molecule has 4 fully saturated rings. The third kappa shape index (κ3) is 4.08. The van der Waals surface area contributed by atoms with E-state index in [1.807, 2.05) is 0 Å². The summed E-state index contributed by atoms with van der Waals surface area (Å²) in [6.45, 7) is 9.17. The summed E-state index contributed by atoms with van der Waals surface area (Å²) in [5, 5.41) is 22.1. The molecule has 0 aromatic heterocycles. The van der Waals surface area contributed by atoms with Crippen molar-refractivity contribution in [3.63, 3.8) is 0 Å². The van der Waals surface area contributed by atoms with E-state index in [1.54, 1.807) is 0 Å². The molecule has 4 saturated carbocycles. The van der Waals surface area contributed by atoms with Crippen LogP contribution in [0.1, 0.15) is 85.5 Å². The van der Waals surface area contributed by atoms with Crippen molar-refractivity contribution in [1.82, 2.24) is 0 Å². The molecule has 5 unspecified atom stereocenters. The minimum Gasteiger partial charge on any atom is -0.726 e. The lowest BCUT2D eigenvalue weighted by molar-refractivity contribution is -0.203. The van der Waals surface area contributed by atoms with Gasteiger partial charge in [0.05, 0.1) is 18.8 Å². The predicted molar refractivity (Wildman–Crippen MR) is 121 cm³/mol. The topological polar surface area (TPSA) is 107 Å². The molecule has 0 aliphatic heterocycles. The van der Waals surface area contributed by atoms with Gasteiger partial charge in [-0.05, 0) is 104 Å². The highest BCUT2D eigenvalue weighted by molar-refractivity contribution is 7.80. The van der Waals surface area contributed by atoms with Gasteiger partial charge in [-0.1, -0.05) is 34.1 Å². The van der Waals surface area contributed by atoms with E-state index in [1.165, 1.54) is 0 Å². The first-order valence-electron chi connectivity index (χ1n) is 12.9. The fourth-order valence-electron chi connectivity index (χ4n) is 9.47. The van der Waals surface area contributed by atoms with Crippen molar-refractivity contribution in [2.24, 2.45) is 52.3 Å². The maximum Gasteiger partial charge on any atom is 0.217 e. The van der Waals surface area contributed by atoms with E-state index >= 15 is 0 Å². The van der Waals surface area contributed by atoms with Gasteiger partial charge in [-0.15, -0.1) is 0 Å². The van der Waals surface area contributed by atoms with Crippen LogP contribution in [0.25, 0.3) is 0 Å². The van der Waals surface area contributed by atoms with Crippen LogP contribution in [0.5, 0.6) is 0 Å². The van der Waals surface area contributed by atoms with E-state index in [-0.39, 0.29) is 41.5 Å². The Labute approximate surface area is 194 Å². The molecule has 4 aliphatic carbocycles. The van der Waals surface area contributed by atoms with E-state index in [2.05, 4.69) is 31.9 Å². The zero-order valence-corrected chi connectivity index (χ0v) is 21.0. The lowest BCUT2D eigenvalue weighted by atomic mass is 9.41. The lowest BCUT2D eigenvalue weighted by Gasteiger charge is -2.64. The molecule has 0 bridgehead atoms. The highest BCUT2D eigenvalue weighted by Crippen LogP contribution is 2.69. The summed E-state index contributed by atoms with van der Waals surface area (Å²) < 4.78 is 37.0. The van der Waals surface area contributed by atoms with Crippen LogP contribution in [-0.4, -0.2) is 42.0 Å². The van der Waals surface area contributed by atoms with Crippen LogP contribution in [0.2, 0.25) is 0 Å². The Hall–Kier alpha value is -0.210. The van der Waals surface area contributed by atoms with Gasteiger partial charge in [0.25, 0.3) is 0 Å². The summed E-state index contributed by atoms with van der Waals surface area (Å²) in [7, 11) is -4.64. The number of fused-ring (bicyclic) bond motifs is 5. The Balaban J connectivity index is 1.56.